The smallest absolute Gasteiger partial charge is 0.261 e. The summed E-state index contributed by atoms with van der Waals surface area (Å²) in [6, 6.07) is 11.8. The Labute approximate surface area is 175 Å². The van der Waals surface area contributed by atoms with Crippen molar-refractivity contribution in [2.24, 2.45) is 0 Å². The molecule has 0 heterocycles. The number of amides is 2. The van der Waals surface area contributed by atoms with Crippen molar-refractivity contribution >= 4 is 23.4 Å². The van der Waals surface area contributed by atoms with Gasteiger partial charge in [0.05, 0.1) is 0 Å². The maximum Gasteiger partial charge on any atom is 0.261 e. The van der Waals surface area contributed by atoms with Gasteiger partial charge in [0.15, 0.2) is 6.61 Å². The normalized spacial score (nSPS) is 12.2. The van der Waals surface area contributed by atoms with Gasteiger partial charge in [0.2, 0.25) is 5.91 Å². The minimum atomic E-state index is -0.714. The van der Waals surface area contributed by atoms with Crippen molar-refractivity contribution in [3.05, 3.63) is 64.9 Å². The van der Waals surface area contributed by atoms with Crippen LogP contribution in [0.3, 0.4) is 0 Å². The monoisotopic (exact) mass is 420 g/mol. The molecule has 2 amide bonds. The summed E-state index contributed by atoms with van der Waals surface area (Å²) in [7, 11) is 0. The zero-order chi connectivity index (χ0) is 21.6. The summed E-state index contributed by atoms with van der Waals surface area (Å²) in [5.74, 6) is -0.638. The molecule has 0 aliphatic carbocycles. The third-order valence-corrected chi connectivity index (χ3v) is 4.36. The molecule has 0 unspecified atom stereocenters. The summed E-state index contributed by atoms with van der Waals surface area (Å²) >= 11 is 5.93. The van der Waals surface area contributed by atoms with Gasteiger partial charge in [0, 0.05) is 17.1 Å². The molecule has 156 valence electrons. The van der Waals surface area contributed by atoms with Gasteiger partial charge in [-0.2, -0.15) is 0 Å². The Morgan fingerprint density at radius 2 is 1.69 bits per heavy atom. The Balaban J connectivity index is 2.15. The van der Waals surface area contributed by atoms with Crippen LogP contribution < -0.4 is 10.1 Å². The molecule has 0 aliphatic heterocycles. The van der Waals surface area contributed by atoms with Crippen LogP contribution in [-0.4, -0.2) is 34.9 Å². The molecule has 2 rings (SSSR count). The fraction of sp³-hybridized carbons (Fsp3) is 0.364. The number of halogens is 2. The first-order valence-electron chi connectivity index (χ1n) is 9.29. The molecular formula is C22H26ClFN2O3. The Morgan fingerprint density at radius 3 is 2.24 bits per heavy atom. The van der Waals surface area contributed by atoms with E-state index in [-0.39, 0.29) is 30.8 Å². The van der Waals surface area contributed by atoms with Crippen molar-refractivity contribution in [1.29, 1.82) is 0 Å². The van der Waals surface area contributed by atoms with Crippen LogP contribution in [0.15, 0.2) is 48.5 Å². The molecule has 0 bridgehead atoms. The summed E-state index contributed by atoms with van der Waals surface area (Å²) in [6.07, 6.45) is 0. The lowest BCUT2D eigenvalue weighted by Crippen LogP contribution is -2.53. The maximum atomic E-state index is 13.0. The van der Waals surface area contributed by atoms with Crippen LogP contribution in [0.1, 0.15) is 33.3 Å². The standard InChI is InChI=1S/C22H26ClFN2O3/c1-15(21(28)25-22(2,3)4)26(13-16-5-7-17(23)8-6-16)20(27)14-29-19-11-9-18(24)10-12-19/h5-12,15H,13-14H2,1-4H3,(H,25,28)/t15-/m0/s1. The van der Waals surface area contributed by atoms with Gasteiger partial charge in [-0.3, -0.25) is 9.59 Å². The molecule has 2 aromatic rings. The lowest BCUT2D eigenvalue weighted by molar-refractivity contribution is -0.142. The molecule has 7 heteroatoms. The quantitative estimate of drug-likeness (QED) is 0.730. The minimum absolute atomic E-state index is 0.224. The van der Waals surface area contributed by atoms with Crippen LogP contribution >= 0.6 is 11.6 Å². The third-order valence-electron chi connectivity index (χ3n) is 4.11. The molecule has 1 N–H and O–H groups in total. The van der Waals surface area contributed by atoms with E-state index in [1.54, 1.807) is 31.2 Å². The van der Waals surface area contributed by atoms with E-state index in [0.717, 1.165) is 5.56 Å². The number of nitrogens with one attached hydrogen (secondary N) is 1. The van der Waals surface area contributed by atoms with Crippen LogP contribution in [0.5, 0.6) is 5.75 Å². The topological polar surface area (TPSA) is 58.6 Å². The van der Waals surface area contributed by atoms with Crippen molar-refractivity contribution in [2.45, 2.75) is 45.8 Å². The highest BCUT2D eigenvalue weighted by atomic mass is 35.5. The van der Waals surface area contributed by atoms with Crippen molar-refractivity contribution in [3.8, 4) is 5.75 Å². The molecular weight excluding hydrogens is 395 g/mol. The van der Waals surface area contributed by atoms with E-state index in [9.17, 15) is 14.0 Å². The fourth-order valence-corrected chi connectivity index (χ4v) is 2.73. The SMILES string of the molecule is C[C@@H](C(=O)NC(C)(C)C)N(Cc1ccc(Cl)cc1)C(=O)COc1ccc(F)cc1. The van der Waals surface area contributed by atoms with Crippen LogP contribution in [0.2, 0.25) is 5.02 Å². The fourth-order valence-electron chi connectivity index (χ4n) is 2.60. The summed E-state index contributed by atoms with van der Waals surface area (Å²) in [6.45, 7) is 7.25. The highest BCUT2D eigenvalue weighted by Crippen LogP contribution is 2.16. The van der Waals surface area contributed by atoms with Gasteiger partial charge < -0.3 is 15.0 Å². The van der Waals surface area contributed by atoms with Crippen molar-refractivity contribution in [1.82, 2.24) is 10.2 Å². The first-order valence-corrected chi connectivity index (χ1v) is 9.67. The number of carbonyl (C=O) groups is 2. The first-order chi connectivity index (χ1) is 13.5. The van der Waals surface area contributed by atoms with Gasteiger partial charge in [-0.15, -0.1) is 0 Å². The zero-order valence-corrected chi connectivity index (χ0v) is 17.8. The second-order valence-electron chi connectivity index (χ2n) is 7.81. The summed E-state index contributed by atoms with van der Waals surface area (Å²) in [4.78, 5) is 27.0. The predicted molar refractivity (Wildman–Crippen MR) is 111 cm³/mol. The molecule has 2 aromatic carbocycles. The number of benzene rings is 2. The second kappa shape index (κ2) is 9.74. The zero-order valence-electron chi connectivity index (χ0n) is 17.0. The van der Waals surface area contributed by atoms with Gasteiger partial charge in [0.1, 0.15) is 17.6 Å². The van der Waals surface area contributed by atoms with E-state index >= 15 is 0 Å². The minimum Gasteiger partial charge on any atom is -0.484 e. The largest absolute Gasteiger partial charge is 0.484 e. The van der Waals surface area contributed by atoms with E-state index in [4.69, 9.17) is 16.3 Å². The van der Waals surface area contributed by atoms with Crippen molar-refractivity contribution < 1.29 is 18.7 Å². The van der Waals surface area contributed by atoms with Crippen LogP contribution in [0, 0.1) is 5.82 Å². The average molecular weight is 421 g/mol. The van der Waals surface area contributed by atoms with E-state index in [0.29, 0.717) is 10.8 Å². The molecule has 29 heavy (non-hydrogen) atoms. The van der Waals surface area contributed by atoms with Gasteiger partial charge in [-0.25, -0.2) is 4.39 Å². The average Bonchev–Trinajstić information content (AvgIpc) is 2.65. The van der Waals surface area contributed by atoms with Crippen LogP contribution in [0.25, 0.3) is 0 Å². The summed E-state index contributed by atoms with van der Waals surface area (Å²) in [5, 5.41) is 3.48. The molecule has 0 fully saturated rings. The number of ether oxygens (including phenoxy) is 1. The lowest BCUT2D eigenvalue weighted by atomic mass is 10.1. The van der Waals surface area contributed by atoms with Gasteiger partial charge >= 0.3 is 0 Å². The Morgan fingerprint density at radius 1 is 1.10 bits per heavy atom. The Kier molecular flexibility index (Phi) is 7.62. The Hall–Kier alpha value is -2.60. The number of hydrogen-bond donors (Lipinski definition) is 1. The molecule has 1 atom stereocenters. The molecule has 5 nitrogen and oxygen atoms in total. The highest BCUT2D eigenvalue weighted by Gasteiger charge is 2.28. The molecule has 0 aromatic heterocycles. The predicted octanol–water partition coefficient (Wildman–Crippen LogP) is 4.19. The van der Waals surface area contributed by atoms with Crippen molar-refractivity contribution in [3.63, 3.8) is 0 Å². The van der Waals surface area contributed by atoms with E-state index in [2.05, 4.69) is 5.32 Å². The van der Waals surface area contributed by atoms with Crippen molar-refractivity contribution in [2.75, 3.05) is 6.61 Å². The van der Waals surface area contributed by atoms with Gasteiger partial charge in [0.25, 0.3) is 5.91 Å². The number of carbonyl (C=O) groups excluding carboxylic acids is 2. The third kappa shape index (κ3) is 7.38. The molecule has 0 saturated carbocycles. The van der Waals surface area contributed by atoms with Crippen LogP contribution in [0.4, 0.5) is 4.39 Å². The summed E-state index contributed by atoms with van der Waals surface area (Å²) in [5.41, 5.74) is 0.408. The molecule has 0 radical (unpaired) electrons. The number of rotatable bonds is 7. The van der Waals surface area contributed by atoms with E-state index in [1.807, 2.05) is 20.8 Å². The first kappa shape index (κ1) is 22.7. The van der Waals surface area contributed by atoms with E-state index < -0.39 is 11.6 Å². The van der Waals surface area contributed by atoms with Gasteiger partial charge in [-0.1, -0.05) is 23.7 Å². The number of hydrogen-bond acceptors (Lipinski definition) is 3. The van der Waals surface area contributed by atoms with Gasteiger partial charge in [-0.05, 0) is 69.7 Å². The molecule has 0 saturated heterocycles. The maximum absolute atomic E-state index is 13.0. The second-order valence-corrected chi connectivity index (χ2v) is 8.24. The lowest BCUT2D eigenvalue weighted by Gasteiger charge is -2.31. The van der Waals surface area contributed by atoms with E-state index in [1.165, 1.54) is 29.2 Å². The van der Waals surface area contributed by atoms with Crippen LogP contribution in [-0.2, 0) is 16.1 Å². The Bertz CT molecular complexity index is 833. The molecule has 0 spiro atoms. The summed E-state index contributed by atoms with van der Waals surface area (Å²) < 4.78 is 18.5. The number of nitrogens with zero attached hydrogens (tertiary/aromatic N) is 1. The highest BCUT2D eigenvalue weighted by molar-refractivity contribution is 6.30. The molecule has 0 aliphatic rings.